The van der Waals surface area contributed by atoms with Crippen LogP contribution in [0.4, 0.5) is 0 Å². The van der Waals surface area contributed by atoms with Crippen LogP contribution < -0.4 is 0 Å². The maximum atomic E-state index is 12.1. The second-order valence-corrected chi connectivity index (χ2v) is 7.56. The minimum Gasteiger partial charge on any atom is -0.296 e. The standard InChI is InChI=1S/C22H20N2OS/c1-4-19-21(16-8-6-5-7-9-16)24-18(13-25)20(23-22(24)26-19)17-11-10-14(2)12-15(17)3/h5-13H,4H2,1-3H3. The van der Waals surface area contributed by atoms with Gasteiger partial charge in [0.2, 0.25) is 0 Å². The summed E-state index contributed by atoms with van der Waals surface area (Å²) < 4.78 is 2.03. The molecule has 0 aliphatic heterocycles. The Morgan fingerprint density at radius 3 is 2.54 bits per heavy atom. The van der Waals surface area contributed by atoms with Crippen LogP contribution in [0.2, 0.25) is 0 Å². The summed E-state index contributed by atoms with van der Waals surface area (Å²) in [4.78, 5) is 19.0. The van der Waals surface area contributed by atoms with E-state index in [2.05, 4.69) is 51.1 Å². The smallest absolute Gasteiger partial charge is 0.195 e. The number of aryl methyl sites for hydroxylation is 3. The molecule has 0 aliphatic carbocycles. The van der Waals surface area contributed by atoms with Crippen LogP contribution in [-0.4, -0.2) is 15.7 Å². The largest absolute Gasteiger partial charge is 0.296 e. The SMILES string of the molecule is CCc1sc2nc(-c3ccc(C)cc3C)c(C=O)n2c1-c1ccccc1. The van der Waals surface area contributed by atoms with Gasteiger partial charge in [-0.1, -0.05) is 61.0 Å². The molecular weight excluding hydrogens is 340 g/mol. The number of thiazole rings is 1. The van der Waals surface area contributed by atoms with Gasteiger partial charge in [-0.3, -0.25) is 9.20 Å². The number of carbonyl (C=O) groups is 1. The molecule has 0 fully saturated rings. The first-order valence-corrected chi connectivity index (χ1v) is 9.58. The minimum atomic E-state index is 0.627. The van der Waals surface area contributed by atoms with Crippen molar-refractivity contribution in [2.75, 3.05) is 0 Å². The fourth-order valence-corrected chi connectivity index (χ4v) is 4.58. The van der Waals surface area contributed by atoms with E-state index in [0.717, 1.165) is 45.7 Å². The highest BCUT2D eigenvalue weighted by Crippen LogP contribution is 2.37. The van der Waals surface area contributed by atoms with Gasteiger partial charge in [0.15, 0.2) is 11.2 Å². The third-order valence-electron chi connectivity index (χ3n) is 4.70. The lowest BCUT2D eigenvalue weighted by Gasteiger charge is -2.07. The number of benzene rings is 2. The van der Waals surface area contributed by atoms with Gasteiger partial charge in [0.1, 0.15) is 11.4 Å². The number of fused-ring (bicyclic) bond motifs is 1. The van der Waals surface area contributed by atoms with Crippen LogP contribution >= 0.6 is 11.3 Å². The predicted molar refractivity (Wildman–Crippen MR) is 108 cm³/mol. The van der Waals surface area contributed by atoms with Crippen molar-refractivity contribution >= 4 is 22.6 Å². The van der Waals surface area contributed by atoms with Gasteiger partial charge in [0.05, 0.1) is 5.69 Å². The molecule has 4 rings (SSSR count). The molecule has 0 saturated heterocycles. The van der Waals surface area contributed by atoms with Gasteiger partial charge in [-0.15, -0.1) is 11.3 Å². The summed E-state index contributed by atoms with van der Waals surface area (Å²) in [6, 6.07) is 16.5. The summed E-state index contributed by atoms with van der Waals surface area (Å²) in [5.41, 5.74) is 6.95. The molecule has 0 N–H and O–H groups in total. The van der Waals surface area contributed by atoms with Gasteiger partial charge in [-0.25, -0.2) is 4.98 Å². The normalized spacial score (nSPS) is 11.2. The van der Waals surface area contributed by atoms with Gasteiger partial charge in [-0.2, -0.15) is 0 Å². The molecular formula is C22H20N2OS. The highest BCUT2D eigenvalue weighted by molar-refractivity contribution is 7.17. The van der Waals surface area contributed by atoms with Gasteiger partial charge >= 0.3 is 0 Å². The molecule has 0 aliphatic rings. The van der Waals surface area contributed by atoms with Crippen molar-refractivity contribution in [3.8, 4) is 22.5 Å². The van der Waals surface area contributed by atoms with E-state index < -0.39 is 0 Å². The number of carbonyl (C=O) groups excluding carboxylic acids is 1. The Morgan fingerprint density at radius 2 is 1.88 bits per heavy atom. The van der Waals surface area contributed by atoms with Crippen molar-refractivity contribution in [2.45, 2.75) is 27.2 Å². The van der Waals surface area contributed by atoms with Crippen molar-refractivity contribution in [2.24, 2.45) is 0 Å². The quantitative estimate of drug-likeness (QED) is 0.436. The Labute approximate surface area is 157 Å². The molecule has 130 valence electrons. The van der Waals surface area contributed by atoms with E-state index in [1.807, 2.05) is 22.6 Å². The second-order valence-electron chi connectivity index (χ2n) is 6.49. The number of rotatable bonds is 4. The lowest BCUT2D eigenvalue weighted by Crippen LogP contribution is -1.97. The van der Waals surface area contributed by atoms with Gasteiger partial charge < -0.3 is 0 Å². The lowest BCUT2D eigenvalue weighted by atomic mass is 10.0. The number of imidazole rings is 1. The van der Waals surface area contributed by atoms with E-state index in [4.69, 9.17) is 4.98 Å². The first-order valence-electron chi connectivity index (χ1n) is 8.76. The Balaban J connectivity index is 2.04. The summed E-state index contributed by atoms with van der Waals surface area (Å²) in [5.74, 6) is 0. The molecule has 0 atom stereocenters. The average molecular weight is 360 g/mol. The Kier molecular flexibility index (Phi) is 4.21. The molecule has 4 aromatic rings. The van der Waals surface area contributed by atoms with Crippen LogP contribution in [0.25, 0.3) is 27.5 Å². The molecule has 0 amide bonds. The van der Waals surface area contributed by atoms with Crippen LogP contribution in [0.5, 0.6) is 0 Å². The second kappa shape index (κ2) is 6.54. The summed E-state index contributed by atoms with van der Waals surface area (Å²) in [6.45, 7) is 6.29. The van der Waals surface area contributed by atoms with Crippen molar-refractivity contribution in [3.63, 3.8) is 0 Å². The number of nitrogens with zero attached hydrogens (tertiary/aromatic N) is 2. The zero-order valence-electron chi connectivity index (χ0n) is 15.1. The number of aldehydes is 1. The predicted octanol–water partition coefficient (Wildman–Crippen LogP) is 5.72. The maximum Gasteiger partial charge on any atom is 0.195 e. The number of aromatic nitrogens is 2. The van der Waals surface area contributed by atoms with Gasteiger partial charge in [-0.05, 0) is 31.4 Å². The van der Waals surface area contributed by atoms with Crippen molar-refractivity contribution < 1.29 is 4.79 Å². The van der Waals surface area contributed by atoms with E-state index in [1.54, 1.807) is 11.3 Å². The maximum absolute atomic E-state index is 12.1. The first-order chi connectivity index (χ1) is 12.6. The molecule has 26 heavy (non-hydrogen) atoms. The monoisotopic (exact) mass is 360 g/mol. The molecule has 0 spiro atoms. The fraction of sp³-hybridized carbons (Fsp3) is 0.182. The highest BCUT2D eigenvalue weighted by atomic mass is 32.1. The molecule has 0 unspecified atom stereocenters. The van der Waals surface area contributed by atoms with E-state index in [0.29, 0.717) is 5.69 Å². The summed E-state index contributed by atoms with van der Waals surface area (Å²) in [5, 5.41) is 0. The third-order valence-corrected chi connectivity index (χ3v) is 5.89. The van der Waals surface area contributed by atoms with Crippen molar-refractivity contribution in [3.05, 3.63) is 70.2 Å². The number of hydrogen-bond acceptors (Lipinski definition) is 3. The Morgan fingerprint density at radius 1 is 1.12 bits per heavy atom. The van der Waals surface area contributed by atoms with Crippen LogP contribution in [0.3, 0.4) is 0 Å². The van der Waals surface area contributed by atoms with Crippen molar-refractivity contribution in [1.82, 2.24) is 9.38 Å². The zero-order valence-corrected chi connectivity index (χ0v) is 15.9. The topological polar surface area (TPSA) is 34.4 Å². The molecule has 2 aromatic heterocycles. The highest BCUT2D eigenvalue weighted by Gasteiger charge is 2.22. The van der Waals surface area contributed by atoms with Crippen LogP contribution in [0, 0.1) is 13.8 Å². The molecule has 0 saturated carbocycles. The van der Waals surface area contributed by atoms with E-state index in [-0.39, 0.29) is 0 Å². The van der Waals surface area contributed by atoms with Crippen LogP contribution in [-0.2, 0) is 6.42 Å². The average Bonchev–Trinajstić information content (AvgIpc) is 3.17. The first kappa shape index (κ1) is 16.7. The summed E-state index contributed by atoms with van der Waals surface area (Å²) >= 11 is 1.67. The fourth-order valence-electron chi connectivity index (χ4n) is 3.49. The molecule has 3 nitrogen and oxygen atoms in total. The van der Waals surface area contributed by atoms with Gasteiger partial charge in [0.25, 0.3) is 0 Å². The van der Waals surface area contributed by atoms with E-state index in [1.165, 1.54) is 10.4 Å². The van der Waals surface area contributed by atoms with Crippen LogP contribution in [0.1, 0.15) is 33.4 Å². The van der Waals surface area contributed by atoms with Gasteiger partial charge in [0, 0.05) is 10.4 Å². The van der Waals surface area contributed by atoms with E-state index in [9.17, 15) is 4.79 Å². The summed E-state index contributed by atoms with van der Waals surface area (Å²) in [7, 11) is 0. The van der Waals surface area contributed by atoms with Crippen molar-refractivity contribution in [1.29, 1.82) is 0 Å². The lowest BCUT2D eigenvalue weighted by molar-refractivity contribution is 0.111. The Bertz CT molecular complexity index is 1110. The minimum absolute atomic E-state index is 0.627. The molecule has 0 radical (unpaired) electrons. The Hall–Kier alpha value is -2.72. The number of hydrogen-bond donors (Lipinski definition) is 0. The molecule has 2 aromatic carbocycles. The molecule has 4 heteroatoms. The molecule has 0 bridgehead atoms. The molecule has 2 heterocycles. The van der Waals surface area contributed by atoms with E-state index >= 15 is 0 Å². The third kappa shape index (κ3) is 2.58. The summed E-state index contributed by atoms with van der Waals surface area (Å²) in [6.07, 6.45) is 1.85. The zero-order chi connectivity index (χ0) is 18.3. The van der Waals surface area contributed by atoms with Crippen LogP contribution in [0.15, 0.2) is 48.5 Å².